The number of halogens is 2. The molecule has 8 heteroatoms. The third-order valence-corrected chi connectivity index (χ3v) is 4.35. The van der Waals surface area contributed by atoms with Crippen LogP contribution in [-0.2, 0) is 0 Å². The molecule has 6 nitrogen and oxygen atoms in total. The minimum absolute atomic E-state index is 0.0647. The number of hydrogen-bond acceptors (Lipinski definition) is 4. The molecule has 0 unspecified atom stereocenters. The summed E-state index contributed by atoms with van der Waals surface area (Å²) in [5.74, 6) is -0.643. The predicted molar refractivity (Wildman–Crippen MR) is 87.8 cm³/mol. The van der Waals surface area contributed by atoms with Gasteiger partial charge in [0.15, 0.2) is 0 Å². The number of nitrogens with zero attached hydrogens (tertiary/aromatic N) is 2. The lowest BCUT2D eigenvalue weighted by atomic mass is 10.1. The van der Waals surface area contributed by atoms with Crippen LogP contribution in [0, 0.1) is 20.6 Å². The van der Waals surface area contributed by atoms with Crippen LogP contribution in [0.4, 0.5) is 11.5 Å². The van der Waals surface area contributed by atoms with Crippen LogP contribution in [0.25, 0.3) is 0 Å². The van der Waals surface area contributed by atoms with Gasteiger partial charge in [0.1, 0.15) is 5.15 Å². The van der Waals surface area contributed by atoms with Crippen molar-refractivity contribution in [1.29, 1.82) is 0 Å². The first-order valence-corrected chi connectivity index (χ1v) is 7.23. The molecular formula is C13H9ClIN3O3. The summed E-state index contributed by atoms with van der Waals surface area (Å²) in [6, 6.07) is 7.75. The normalized spacial score (nSPS) is 10.2. The maximum atomic E-state index is 12.3. The van der Waals surface area contributed by atoms with E-state index in [9.17, 15) is 14.9 Å². The predicted octanol–water partition coefficient (Wildman–Crippen LogP) is 3.81. The summed E-state index contributed by atoms with van der Waals surface area (Å²) < 4.78 is 0.775. The molecule has 0 saturated carbocycles. The summed E-state index contributed by atoms with van der Waals surface area (Å²) in [6.07, 6.45) is 0. The fourth-order valence-corrected chi connectivity index (χ4v) is 2.42. The van der Waals surface area contributed by atoms with Gasteiger partial charge in [0.25, 0.3) is 5.91 Å². The Labute approximate surface area is 138 Å². The van der Waals surface area contributed by atoms with Crippen LogP contribution in [0.3, 0.4) is 0 Å². The second kappa shape index (κ2) is 6.35. The SMILES string of the molecule is Cc1cccc(C(=O)Nc2nc(Cl)ccc2[N+](=O)[O-])c1I. The monoisotopic (exact) mass is 417 g/mol. The average Bonchev–Trinajstić information content (AvgIpc) is 2.41. The summed E-state index contributed by atoms with van der Waals surface area (Å²) in [6.45, 7) is 1.87. The Morgan fingerprint density at radius 3 is 2.76 bits per heavy atom. The number of aryl methyl sites for hydroxylation is 1. The fourth-order valence-electron chi connectivity index (χ4n) is 1.66. The van der Waals surface area contributed by atoms with Crippen LogP contribution < -0.4 is 5.32 Å². The van der Waals surface area contributed by atoms with E-state index in [2.05, 4.69) is 32.9 Å². The number of aromatic nitrogens is 1. The van der Waals surface area contributed by atoms with Crippen LogP contribution in [-0.4, -0.2) is 15.8 Å². The van der Waals surface area contributed by atoms with Crippen LogP contribution in [0.15, 0.2) is 30.3 Å². The van der Waals surface area contributed by atoms with E-state index in [-0.39, 0.29) is 16.7 Å². The van der Waals surface area contributed by atoms with Crippen molar-refractivity contribution in [3.8, 4) is 0 Å². The molecule has 0 aliphatic carbocycles. The highest BCUT2D eigenvalue weighted by Gasteiger charge is 2.20. The maximum absolute atomic E-state index is 12.3. The Bertz CT molecular complexity index is 737. The molecule has 1 aromatic heterocycles. The van der Waals surface area contributed by atoms with Gasteiger partial charge in [0.2, 0.25) is 5.82 Å². The van der Waals surface area contributed by atoms with Crippen molar-refractivity contribution in [3.63, 3.8) is 0 Å². The summed E-state index contributed by atoms with van der Waals surface area (Å²) in [7, 11) is 0. The van der Waals surface area contributed by atoms with E-state index in [1.807, 2.05) is 13.0 Å². The van der Waals surface area contributed by atoms with Crippen molar-refractivity contribution in [2.45, 2.75) is 6.92 Å². The lowest BCUT2D eigenvalue weighted by Crippen LogP contribution is -2.16. The summed E-state index contributed by atoms with van der Waals surface area (Å²) in [5, 5.41) is 13.4. The van der Waals surface area contributed by atoms with Crippen molar-refractivity contribution >= 4 is 51.6 Å². The molecule has 0 fully saturated rings. The number of benzene rings is 1. The standard InChI is InChI=1S/C13H9ClIN3O3/c1-7-3-2-4-8(11(7)15)13(19)17-12-9(18(20)21)5-6-10(14)16-12/h2-6H,1H3,(H,16,17,19). The topological polar surface area (TPSA) is 85.1 Å². The van der Waals surface area contributed by atoms with E-state index < -0.39 is 10.8 Å². The molecule has 1 heterocycles. The van der Waals surface area contributed by atoms with E-state index in [1.165, 1.54) is 12.1 Å². The Morgan fingerprint density at radius 2 is 2.10 bits per heavy atom. The number of amides is 1. The Balaban J connectivity index is 2.38. The molecule has 0 aliphatic rings. The van der Waals surface area contributed by atoms with Gasteiger partial charge in [-0.1, -0.05) is 23.7 Å². The van der Waals surface area contributed by atoms with Crippen molar-refractivity contribution in [3.05, 3.63) is 60.3 Å². The van der Waals surface area contributed by atoms with Crippen molar-refractivity contribution in [2.24, 2.45) is 0 Å². The van der Waals surface area contributed by atoms with Gasteiger partial charge < -0.3 is 5.32 Å². The van der Waals surface area contributed by atoms with Gasteiger partial charge in [-0.25, -0.2) is 4.98 Å². The van der Waals surface area contributed by atoms with Gasteiger partial charge in [-0.15, -0.1) is 0 Å². The smallest absolute Gasteiger partial charge is 0.301 e. The second-order valence-corrected chi connectivity index (χ2v) is 5.62. The average molecular weight is 418 g/mol. The minimum atomic E-state index is -0.625. The molecule has 1 amide bonds. The number of nitrogens with one attached hydrogen (secondary N) is 1. The van der Waals surface area contributed by atoms with Crippen molar-refractivity contribution in [1.82, 2.24) is 4.98 Å². The van der Waals surface area contributed by atoms with E-state index in [1.54, 1.807) is 12.1 Å². The number of nitro groups is 1. The van der Waals surface area contributed by atoms with Gasteiger partial charge in [-0.05, 0) is 47.2 Å². The maximum Gasteiger partial charge on any atom is 0.311 e. The third-order valence-electron chi connectivity index (χ3n) is 2.71. The van der Waals surface area contributed by atoms with Crippen LogP contribution in [0.5, 0.6) is 0 Å². The van der Waals surface area contributed by atoms with Crippen LogP contribution in [0.2, 0.25) is 5.15 Å². The molecule has 21 heavy (non-hydrogen) atoms. The molecular weight excluding hydrogens is 409 g/mol. The quantitative estimate of drug-likeness (QED) is 0.356. The zero-order valence-corrected chi connectivity index (χ0v) is 13.7. The van der Waals surface area contributed by atoms with E-state index in [0.717, 1.165) is 9.13 Å². The van der Waals surface area contributed by atoms with Crippen molar-refractivity contribution in [2.75, 3.05) is 5.32 Å². The zero-order chi connectivity index (χ0) is 15.6. The van der Waals surface area contributed by atoms with Gasteiger partial charge in [0.05, 0.1) is 10.5 Å². The number of anilines is 1. The highest BCUT2D eigenvalue weighted by atomic mass is 127. The van der Waals surface area contributed by atoms with Gasteiger partial charge in [-0.2, -0.15) is 0 Å². The van der Waals surface area contributed by atoms with Gasteiger partial charge in [0, 0.05) is 9.64 Å². The molecule has 0 bridgehead atoms. The molecule has 0 aliphatic heterocycles. The van der Waals surface area contributed by atoms with E-state index >= 15 is 0 Å². The van der Waals surface area contributed by atoms with E-state index in [4.69, 9.17) is 11.6 Å². The summed E-state index contributed by atoms with van der Waals surface area (Å²) >= 11 is 7.77. The summed E-state index contributed by atoms with van der Waals surface area (Å²) in [5.41, 5.74) is 1.05. The highest BCUT2D eigenvalue weighted by molar-refractivity contribution is 14.1. The molecule has 1 N–H and O–H groups in total. The number of rotatable bonds is 3. The fraction of sp³-hybridized carbons (Fsp3) is 0.0769. The molecule has 0 atom stereocenters. The lowest BCUT2D eigenvalue weighted by molar-refractivity contribution is -0.384. The molecule has 108 valence electrons. The number of pyridine rings is 1. The van der Waals surface area contributed by atoms with Gasteiger partial charge in [-0.3, -0.25) is 14.9 Å². The lowest BCUT2D eigenvalue weighted by Gasteiger charge is -2.08. The van der Waals surface area contributed by atoms with Crippen LogP contribution in [0.1, 0.15) is 15.9 Å². The first-order chi connectivity index (χ1) is 9.90. The van der Waals surface area contributed by atoms with Crippen LogP contribution >= 0.6 is 34.2 Å². The van der Waals surface area contributed by atoms with Crippen molar-refractivity contribution < 1.29 is 9.72 Å². The molecule has 0 radical (unpaired) electrons. The minimum Gasteiger partial charge on any atom is -0.301 e. The molecule has 0 saturated heterocycles. The number of carbonyl (C=O) groups is 1. The summed E-state index contributed by atoms with van der Waals surface area (Å²) in [4.78, 5) is 26.4. The highest BCUT2D eigenvalue weighted by Crippen LogP contribution is 2.25. The number of carbonyl (C=O) groups excluding carboxylic acids is 1. The van der Waals surface area contributed by atoms with E-state index in [0.29, 0.717) is 5.56 Å². The molecule has 2 rings (SSSR count). The number of hydrogen-bond donors (Lipinski definition) is 1. The Kier molecular flexibility index (Phi) is 4.73. The Morgan fingerprint density at radius 1 is 1.38 bits per heavy atom. The zero-order valence-electron chi connectivity index (χ0n) is 10.8. The molecule has 0 spiro atoms. The van der Waals surface area contributed by atoms with Gasteiger partial charge >= 0.3 is 5.69 Å². The molecule has 1 aromatic carbocycles. The second-order valence-electron chi connectivity index (χ2n) is 4.15. The molecule has 2 aromatic rings. The first kappa shape index (κ1) is 15.6. The third kappa shape index (κ3) is 3.48. The first-order valence-electron chi connectivity index (χ1n) is 5.77. The Hall–Kier alpha value is -1.74. The largest absolute Gasteiger partial charge is 0.311 e.